The minimum atomic E-state index is -0.542. The fourth-order valence-electron chi connectivity index (χ4n) is 3.19. The Labute approximate surface area is 183 Å². The Morgan fingerprint density at radius 1 is 0.719 bits per heavy atom. The minimum absolute atomic E-state index is 0.0389. The van der Waals surface area contributed by atoms with Crippen molar-refractivity contribution < 1.29 is 14.3 Å². The quantitative estimate of drug-likeness (QED) is 0.565. The van der Waals surface area contributed by atoms with E-state index in [-0.39, 0.29) is 17.4 Å². The topological polar surface area (TPSA) is 97.3 Å². The lowest BCUT2D eigenvalue weighted by molar-refractivity contribution is -0.111. The molecule has 2 aliphatic rings. The normalized spacial score (nSPS) is 14.4. The van der Waals surface area contributed by atoms with E-state index < -0.39 is 5.91 Å². The van der Waals surface area contributed by atoms with Crippen molar-refractivity contribution in [2.24, 2.45) is 25.4 Å². The largest absolute Gasteiger partial charge is 0.489 e. The summed E-state index contributed by atoms with van der Waals surface area (Å²) >= 11 is 0. The van der Waals surface area contributed by atoms with Crippen molar-refractivity contribution in [3.63, 3.8) is 0 Å². The van der Waals surface area contributed by atoms with Gasteiger partial charge in [-0.3, -0.25) is 4.79 Å². The van der Waals surface area contributed by atoms with Crippen LogP contribution in [0.2, 0.25) is 0 Å². The van der Waals surface area contributed by atoms with Gasteiger partial charge in [0.05, 0.1) is 5.56 Å². The summed E-state index contributed by atoms with van der Waals surface area (Å²) in [6.07, 6.45) is 0. The number of benzene rings is 3. The molecule has 3 aromatic rings. The van der Waals surface area contributed by atoms with Crippen LogP contribution >= 0.6 is 0 Å². The van der Waals surface area contributed by atoms with Crippen LogP contribution in [0.5, 0.6) is 11.5 Å². The molecule has 0 spiro atoms. The monoisotopic (exact) mass is 423 g/mol. The van der Waals surface area contributed by atoms with Crippen LogP contribution in [0.4, 0.5) is 0 Å². The smallest absolute Gasteiger partial charge is 0.303 e. The molecule has 2 aliphatic heterocycles. The second-order valence-electron chi connectivity index (χ2n) is 7.02. The minimum Gasteiger partial charge on any atom is -0.489 e. The predicted molar refractivity (Wildman–Crippen MR) is 119 cm³/mol. The van der Waals surface area contributed by atoms with E-state index in [1.54, 1.807) is 12.1 Å². The molecular weight excluding hydrogens is 406 g/mol. The molecule has 32 heavy (non-hydrogen) atoms. The number of carbonyl (C=O) groups excluding carboxylic acids is 1. The van der Waals surface area contributed by atoms with Gasteiger partial charge in [0.2, 0.25) is 11.5 Å². The van der Waals surface area contributed by atoms with E-state index >= 15 is 0 Å². The SMILES string of the molecule is O=C1N=C(c2cc(OCc3ccccc3)ccc2OCc2ccccc2)N=C2N=NN=C12. The van der Waals surface area contributed by atoms with Crippen LogP contribution in [-0.2, 0) is 18.0 Å². The third-order valence-corrected chi connectivity index (χ3v) is 4.80. The molecule has 0 radical (unpaired) electrons. The van der Waals surface area contributed by atoms with Crippen LogP contribution in [-0.4, -0.2) is 23.3 Å². The molecule has 3 aromatic carbocycles. The molecular formula is C24H17N5O3. The van der Waals surface area contributed by atoms with Gasteiger partial charge in [-0.25, -0.2) is 4.99 Å². The van der Waals surface area contributed by atoms with Crippen LogP contribution in [0.15, 0.2) is 104 Å². The number of ether oxygens (including phenoxy) is 2. The Bertz CT molecular complexity index is 1280. The third kappa shape index (κ3) is 4.20. The zero-order valence-electron chi connectivity index (χ0n) is 16.9. The summed E-state index contributed by atoms with van der Waals surface area (Å²) in [6.45, 7) is 0.748. The summed E-state index contributed by atoms with van der Waals surface area (Å²) in [7, 11) is 0. The van der Waals surface area contributed by atoms with E-state index in [9.17, 15) is 4.79 Å². The van der Waals surface area contributed by atoms with Gasteiger partial charge < -0.3 is 9.47 Å². The van der Waals surface area contributed by atoms with Crippen molar-refractivity contribution in [3.8, 4) is 11.5 Å². The van der Waals surface area contributed by atoms with Gasteiger partial charge >= 0.3 is 5.91 Å². The van der Waals surface area contributed by atoms with Gasteiger partial charge in [-0.15, -0.1) is 10.2 Å². The molecule has 0 N–H and O–H groups in total. The number of hydrogen-bond donors (Lipinski definition) is 0. The first-order valence-electron chi connectivity index (χ1n) is 9.95. The van der Waals surface area contributed by atoms with E-state index in [4.69, 9.17) is 9.47 Å². The van der Waals surface area contributed by atoms with Crippen LogP contribution in [0.3, 0.4) is 0 Å². The molecule has 0 saturated heterocycles. The molecule has 1 amide bonds. The molecule has 156 valence electrons. The molecule has 0 aliphatic carbocycles. The van der Waals surface area contributed by atoms with Gasteiger partial charge in [-0.05, 0) is 34.5 Å². The lowest BCUT2D eigenvalue weighted by atomic mass is 10.1. The summed E-state index contributed by atoms with van der Waals surface area (Å²) in [5, 5.41) is 11.0. The van der Waals surface area contributed by atoms with E-state index in [1.165, 1.54) is 0 Å². The Balaban J connectivity index is 1.45. The van der Waals surface area contributed by atoms with E-state index in [0.717, 1.165) is 11.1 Å². The predicted octanol–water partition coefficient (Wildman–Crippen LogP) is 4.35. The number of amides is 1. The Kier molecular flexibility index (Phi) is 5.32. The molecule has 0 bridgehead atoms. The zero-order chi connectivity index (χ0) is 21.8. The van der Waals surface area contributed by atoms with Crippen molar-refractivity contribution in [3.05, 3.63) is 95.6 Å². The number of aliphatic imine (C=N–C) groups is 2. The first-order valence-corrected chi connectivity index (χ1v) is 9.95. The highest BCUT2D eigenvalue weighted by Gasteiger charge is 2.29. The van der Waals surface area contributed by atoms with Crippen molar-refractivity contribution in [1.82, 2.24) is 0 Å². The number of nitrogens with zero attached hydrogens (tertiary/aromatic N) is 5. The van der Waals surface area contributed by atoms with Gasteiger partial charge in [0.1, 0.15) is 24.7 Å². The molecule has 0 saturated carbocycles. The van der Waals surface area contributed by atoms with Gasteiger partial charge in [-0.1, -0.05) is 60.7 Å². The summed E-state index contributed by atoms with van der Waals surface area (Å²) in [5.74, 6) is 0.896. The zero-order valence-corrected chi connectivity index (χ0v) is 16.9. The molecule has 5 rings (SSSR count). The number of amidine groups is 2. The standard InChI is InChI=1S/C24H17N5O3/c30-24-21-23(28-29-27-21)25-22(26-24)19-13-18(31-14-16-7-3-1-4-8-16)11-12-20(19)32-15-17-9-5-2-6-10-17/h1-13H,14-15H2. The highest BCUT2D eigenvalue weighted by Crippen LogP contribution is 2.28. The third-order valence-electron chi connectivity index (χ3n) is 4.80. The van der Waals surface area contributed by atoms with Crippen molar-refractivity contribution in [1.29, 1.82) is 0 Å². The first-order chi connectivity index (χ1) is 15.8. The Morgan fingerprint density at radius 3 is 2.12 bits per heavy atom. The maximum Gasteiger partial charge on any atom is 0.303 e. The van der Waals surface area contributed by atoms with Crippen LogP contribution < -0.4 is 9.47 Å². The fraction of sp³-hybridized carbons (Fsp3) is 0.0833. The van der Waals surface area contributed by atoms with Gasteiger partial charge in [0, 0.05) is 0 Å². The molecule has 0 atom stereocenters. The lowest BCUT2D eigenvalue weighted by Crippen LogP contribution is -2.26. The van der Waals surface area contributed by atoms with Crippen LogP contribution in [0.1, 0.15) is 16.7 Å². The second kappa shape index (κ2) is 8.73. The maximum atomic E-state index is 12.4. The van der Waals surface area contributed by atoms with Crippen molar-refractivity contribution >= 4 is 23.3 Å². The average Bonchev–Trinajstić information content (AvgIpc) is 3.32. The average molecular weight is 423 g/mol. The van der Waals surface area contributed by atoms with E-state index in [2.05, 4.69) is 25.4 Å². The van der Waals surface area contributed by atoms with Gasteiger partial charge in [-0.2, -0.15) is 4.99 Å². The van der Waals surface area contributed by atoms with Crippen molar-refractivity contribution in [2.75, 3.05) is 0 Å². The summed E-state index contributed by atoms with van der Waals surface area (Å²) in [6, 6.07) is 25.0. The molecule has 0 unspecified atom stereocenters. The fourth-order valence-corrected chi connectivity index (χ4v) is 3.19. The molecule has 0 aromatic heterocycles. The first kappa shape index (κ1) is 19.5. The molecule has 2 heterocycles. The van der Waals surface area contributed by atoms with Crippen LogP contribution in [0.25, 0.3) is 0 Å². The summed E-state index contributed by atoms with van der Waals surface area (Å²) in [4.78, 5) is 20.8. The number of rotatable bonds is 7. The van der Waals surface area contributed by atoms with Crippen LogP contribution in [0, 0.1) is 0 Å². The highest BCUT2D eigenvalue weighted by atomic mass is 16.5. The Hall–Kier alpha value is -4.46. The van der Waals surface area contributed by atoms with Gasteiger partial charge in [0.25, 0.3) is 0 Å². The van der Waals surface area contributed by atoms with E-state index in [0.29, 0.717) is 30.3 Å². The molecule has 0 fully saturated rings. The summed E-state index contributed by atoms with van der Waals surface area (Å²) < 4.78 is 12.0. The number of carbonyl (C=O) groups is 1. The number of fused-ring (bicyclic) bond motifs is 1. The van der Waals surface area contributed by atoms with Gasteiger partial charge in [0.15, 0.2) is 5.84 Å². The Morgan fingerprint density at radius 2 is 1.41 bits per heavy atom. The highest BCUT2D eigenvalue weighted by molar-refractivity contribution is 6.69. The van der Waals surface area contributed by atoms with Crippen molar-refractivity contribution in [2.45, 2.75) is 13.2 Å². The molecule has 8 nitrogen and oxygen atoms in total. The number of hydrogen-bond acceptors (Lipinski definition) is 7. The van der Waals surface area contributed by atoms with E-state index in [1.807, 2.05) is 66.7 Å². The molecule has 8 heteroatoms. The maximum absolute atomic E-state index is 12.4. The summed E-state index contributed by atoms with van der Waals surface area (Å²) in [5.41, 5.74) is 2.61. The lowest BCUT2D eigenvalue weighted by Gasteiger charge is -2.15. The second-order valence-corrected chi connectivity index (χ2v) is 7.02.